The van der Waals surface area contributed by atoms with E-state index in [0.717, 1.165) is 64.2 Å². The van der Waals surface area contributed by atoms with Crippen LogP contribution in [0, 0.1) is 0 Å². The molecule has 0 aromatic carbocycles. The summed E-state index contributed by atoms with van der Waals surface area (Å²) in [7, 11) is 5.49. The number of likely N-dealkylation sites (N-methyl/N-ethyl adjacent to an activating group) is 1. The third-order valence-electron chi connectivity index (χ3n) is 8.22. The van der Waals surface area contributed by atoms with Crippen molar-refractivity contribution in [3.05, 3.63) is 72.9 Å². The largest absolute Gasteiger partial charge is 0.477 e. The first-order valence-electron chi connectivity index (χ1n) is 19.5. The average Bonchev–Trinajstić information content (AvgIpc) is 3.08. The summed E-state index contributed by atoms with van der Waals surface area (Å²) in [5, 5.41) is 9.58. The molecule has 0 spiro atoms. The Morgan fingerprint density at radius 1 is 0.608 bits per heavy atom. The Morgan fingerprint density at radius 2 is 1.12 bits per heavy atom. The summed E-state index contributed by atoms with van der Waals surface area (Å²) in [5.74, 6) is -1.55. The zero-order valence-corrected chi connectivity index (χ0v) is 32.8. The van der Waals surface area contributed by atoms with Gasteiger partial charge in [0.2, 0.25) is 0 Å². The molecule has 2 atom stereocenters. The summed E-state index contributed by atoms with van der Waals surface area (Å²) < 4.78 is 17.1. The second-order valence-electron chi connectivity index (χ2n) is 13.9. The van der Waals surface area contributed by atoms with Crippen molar-refractivity contribution in [1.29, 1.82) is 0 Å². The summed E-state index contributed by atoms with van der Waals surface area (Å²) in [4.78, 5) is 36.8. The van der Waals surface area contributed by atoms with Crippen LogP contribution in [0.25, 0.3) is 0 Å². The number of hydrogen-bond donors (Lipinski definition) is 1. The zero-order chi connectivity index (χ0) is 37.8. The Morgan fingerprint density at radius 3 is 1.71 bits per heavy atom. The van der Waals surface area contributed by atoms with Crippen LogP contribution in [0.4, 0.5) is 0 Å². The Kier molecular flexibility index (Phi) is 31.7. The number of carboxylic acids is 1. The highest BCUT2D eigenvalue weighted by molar-refractivity contribution is 5.72. The standard InChI is InChI=1S/C43H71NO7/c1-6-8-10-12-14-16-18-20-21-22-24-25-27-29-31-33-41(45)50-38-39(37-49-36-35-40(43(47)48)44(3,4)5)51-42(46)34-32-30-28-26-23-19-17-15-13-11-9-7-2/h8,10,12,14-18,20-22,24,39-40H,6-7,9,11,13,19,23,25-38H2,1-5H3/p+1/b10-8+,14-12+,17-15+,18-16+,21-20+,24-22+. The van der Waals surface area contributed by atoms with Gasteiger partial charge in [-0.05, 0) is 57.8 Å². The van der Waals surface area contributed by atoms with Crippen molar-refractivity contribution in [3.63, 3.8) is 0 Å². The molecule has 0 aliphatic carbocycles. The Balaban J connectivity index is 4.53. The van der Waals surface area contributed by atoms with Gasteiger partial charge in [0, 0.05) is 19.3 Å². The van der Waals surface area contributed by atoms with Gasteiger partial charge in [-0.2, -0.15) is 0 Å². The quantitative estimate of drug-likeness (QED) is 0.0238. The van der Waals surface area contributed by atoms with Crippen LogP contribution in [0.1, 0.15) is 129 Å². The number of carbonyl (C=O) groups is 3. The summed E-state index contributed by atoms with van der Waals surface area (Å²) in [6, 6.07) is -0.625. The molecule has 0 heterocycles. The van der Waals surface area contributed by atoms with Gasteiger partial charge in [0.1, 0.15) is 6.61 Å². The van der Waals surface area contributed by atoms with Gasteiger partial charge < -0.3 is 23.8 Å². The maximum atomic E-state index is 12.6. The predicted octanol–water partition coefficient (Wildman–Crippen LogP) is 10.0. The van der Waals surface area contributed by atoms with Gasteiger partial charge in [-0.1, -0.05) is 125 Å². The van der Waals surface area contributed by atoms with Crippen molar-refractivity contribution < 1.29 is 38.2 Å². The first-order chi connectivity index (χ1) is 24.6. The minimum absolute atomic E-state index is 0.0397. The molecular weight excluding hydrogens is 642 g/mol. The van der Waals surface area contributed by atoms with E-state index in [1.165, 1.54) is 32.1 Å². The minimum Gasteiger partial charge on any atom is -0.477 e. The third kappa shape index (κ3) is 32.4. The normalized spacial score (nSPS) is 13.8. The lowest BCUT2D eigenvalue weighted by Gasteiger charge is -2.31. The lowest BCUT2D eigenvalue weighted by Crippen LogP contribution is -2.50. The number of carboxylic acid groups (broad SMARTS) is 1. The molecule has 0 amide bonds. The van der Waals surface area contributed by atoms with Crippen LogP contribution in [0.5, 0.6) is 0 Å². The number of ether oxygens (including phenoxy) is 3. The molecule has 290 valence electrons. The smallest absolute Gasteiger partial charge is 0.362 e. The summed E-state index contributed by atoms with van der Waals surface area (Å²) in [6.45, 7) is 4.48. The number of nitrogens with zero attached hydrogens (tertiary/aromatic N) is 1. The fraction of sp³-hybridized carbons (Fsp3) is 0.651. The molecule has 0 aliphatic rings. The molecule has 0 bridgehead atoms. The summed E-state index contributed by atoms with van der Waals surface area (Å²) in [5.41, 5.74) is 0. The highest BCUT2D eigenvalue weighted by atomic mass is 16.6. The molecule has 0 saturated heterocycles. The molecule has 1 N–H and O–H groups in total. The number of aliphatic carboxylic acids is 1. The van der Waals surface area contributed by atoms with Gasteiger partial charge in [-0.3, -0.25) is 9.59 Å². The van der Waals surface area contributed by atoms with Crippen molar-refractivity contribution in [2.75, 3.05) is 41.0 Å². The molecule has 51 heavy (non-hydrogen) atoms. The highest BCUT2D eigenvalue weighted by Crippen LogP contribution is 2.12. The van der Waals surface area contributed by atoms with Gasteiger partial charge in [-0.15, -0.1) is 0 Å². The number of carbonyl (C=O) groups excluding carboxylic acids is 2. The number of rotatable bonds is 33. The van der Waals surface area contributed by atoms with E-state index in [1.807, 2.05) is 69.8 Å². The highest BCUT2D eigenvalue weighted by Gasteiger charge is 2.31. The minimum atomic E-state index is -0.887. The topological polar surface area (TPSA) is 99.1 Å². The van der Waals surface area contributed by atoms with Crippen LogP contribution >= 0.6 is 0 Å². The fourth-order valence-electron chi connectivity index (χ4n) is 5.16. The fourth-order valence-corrected chi connectivity index (χ4v) is 5.16. The Labute approximate surface area is 311 Å². The van der Waals surface area contributed by atoms with E-state index in [1.54, 1.807) is 0 Å². The molecular formula is C43H72NO7+. The van der Waals surface area contributed by atoms with Gasteiger partial charge in [0.15, 0.2) is 12.1 Å². The first kappa shape index (κ1) is 47.8. The second-order valence-corrected chi connectivity index (χ2v) is 13.9. The van der Waals surface area contributed by atoms with Crippen molar-refractivity contribution in [3.8, 4) is 0 Å². The molecule has 0 aromatic rings. The first-order valence-corrected chi connectivity index (χ1v) is 19.5. The molecule has 8 heteroatoms. The van der Waals surface area contributed by atoms with Crippen LogP contribution in [-0.4, -0.2) is 80.6 Å². The Hall–Kier alpha value is -3.23. The van der Waals surface area contributed by atoms with Crippen molar-refractivity contribution >= 4 is 17.9 Å². The number of esters is 2. The van der Waals surface area contributed by atoms with E-state index in [9.17, 15) is 19.5 Å². The molecule has 0 rings (SSSR count). The zero-order valence-electron chi connectivity index (χ0n) is 32.8. The van der Waals surface area contributed by atoms with Crippen molar-refractivity contribution in [2.24, 2.45) is 0 Å². The monoisotopic (exact) mass is 715 g/mol. The van der Waals surface area contributed by atoms with Gasteiger partial charge >= 0.3 is 17.9 Å². The van der Waals surface area contributed by atoms with E-state index in [0.29, 0.717) is 19.3 Å². The predicted molar refractivity (Wildman–Crippen MR) is 210 cm³/mol. The molecule has 0 aromatic heterocycles. The van der Waals surface area contributed by atoms with Gasteiger partial charge in [-0.25, -0.2) is 4.79 Å². The van der Waals surface area contributed by atoms with Crippen LogP contribution in [0.3, 0.4) is 0 Å². The van der Waals surface area contributed by atoms with E-state index in [2.05, 4.69) is 38.2 Å². The lowest BCUT2D eigenvalue weighted by atomic mass is 10.1. The molecule has 0 fully saturated rings. The van der Waals surface area contributed by atoms with E-state index >= 15 is 0 Å². The number of allylic oxidation sites excluding steroid dienone is 12. The van der Waals surface area contributed by atoms with E-state index in [-0.39, 0.29) is 36.2 Å². The maximum Gasteiger partial charge on any atom is 0.362 e. The summed E-state index contributed by atoms with van der Waals surface area (Å²) >= 11 is 0. The molecule has 8 nitrogen and oxygen atoms in total. The molecule has 0 radical (unpaired) electrons. The lowest BCUT2D eigenvalue weighted by molar-refractivity contribution is -0.887. The van der Waals surface area contributed by atoms with E-state index in [4.69, 9.17) is 14.2 Å². The SMILES string of the molecule is CC/C=C/C=C/C=C/C=C/C=C/CCCCCC(=O)OCC(COCCC(C(=O)O)[N+](C)(C)C)OC(=O)CCCCCCC/C=C/CCCCC. The molecule has 2 unspecified atom stereocenters. The van der Waals surface area contributed by atoms with Crippen molar-refractivity contribution in [2.45, 2.75) is 142 Å². The molecule has 0 aliphatic heterocycles. The van der Waals surface area contributed by atoms with Gasteiger partial charge in [0.05, 0.1) is 34.4 Å². The van der Waals surface area contributed by atoms with Crippen molar-refractivity contribution in [1.82, 2.24) is 0 Å². The molecule has 0 saturated carbocycles. The van der Waals surface area contributed by atoms with Crippen LogP contribution in [0.15, 0.2) is 72.9 Å². The Bertz CT molecular complexity index is 1060. The van der Waals surface area contributed by atoms with E-state index < -0.39 is 18.1 Å². The number of unbranched alkanes of at least 4 members (excludes halogenated alkanes) is 11. The van der Waals surface area contributed by atoms with Crippen LogP contribution in [0.2, 0.25) is 0 Å². The summed E-state index contributed by atoms with van der Waals surface area (Å²) in [6.07, 6.45) is 40.8. The van der Waals surface area contributed by atoms with Gasteiger partial charge in [0.25, 0.3) is 0 Å². The number of quaternary nitrogens is 1. The average molecular weight is 715 g/mol. The maximum absolute atomic E-state index is 12.6. The van der Waals surface area contributed by atoms with Crippen LogP contribution in [-0.2, 0) is 28.6 Å². The third-order valence-corrected chi connectivity index (χ3v) is 8.22. The van der Waals surface area contributed by atoms with Crippen LogP contribution < -0.4 is 0 Å². The number of hydrogen-bond acceptors (Lipinski definition) is 6. The second kappa shape index (κ2) is 33.9.